The van der Waals surface area contributed by atoms with E-state index < -0.39 is 0 Å². The molecule has 3 rings (SSSR count). The number of halogens is 1. The zero-order chi connectivity index (χ0) is 16.1. The summed E-state index contributed by atoms with van der Waals surface area (Å²) >= 11 is 0. The Morgan fingerprint density at radius 2 is 1.96 bits per heavy atom. The number of rotatable bonds is 6. The zero-order valence-corrected chi connectivity index (χ0v) is 13.6. The van der Waals surface area contributed by atoms with Crippen molar-refractivity contribution in [3.8, 4) is 0 Å². The van der Waals surface area contributed by atoms with Crippen LogP contribution >= 0.6 is 0 Å². The first kappa shape index (κ1) is 16.2. The zero-order valence-electron chi connectivity index (χ0n) is 13.6. The third kappa shape index (κ3) is 3.98. The van der Waals surface area contributed by atoms with E-state index in [0.717, 1.165) is 44.5 Å². The van der Waals surface area contributed by atoms with Crippen molar-refractivity contribution in [1.82, 2.24) is 5.32 Å². The fourth-order valence-electron chi connectivity index (χ4n) is 3.46. The molecule has 3 heteroatoms. The molecule has 2 aromatic rings. The van der Waals surface area contributed by atoms with E-state index in [1.54, 1.807) is 19.2 Å². The van der Waals surface area contributed by atoms with Gasteiger partial charge in [-0.05, 0) is 66.1 Å². The Bertz CT molecular complexity index is 656. The van der Waals surface area contributed by atoms with Crippen LogP contribution in [0.5, 0.6) is 0 Å². The highest BCUT2D eigenvalue weighted by molar-refractivity contribution is 5.42. The van der Waals surface area contributed by atoms with Gasteiger partial charge in [0.2, 0.25) is 0 Å². The van der Waals surface area contributed by atoms with Gasteiger partial charge in [-0.25, -0.2) is 4.39 Å². The summed E-state index contributed by atoms with van der Waals surface area (Å²) in [5.74, 6) is 0.302. The molecule has 0 aromatic heterocycles. The maximum absolute atomic E-state index is 13.6. The minimum Gasteiger partial charge on any atom is -0.383 e. The highest BCUT2D eigenvalue weighted by Gasteiger charge is 2.21. The smallest absolute Gasteiger partial charge is 0.123 e. The molecule has 122 valence electrons. The third-order valence-electron chi connectivity index (χ3n) is 4.66. The normalized spacial score (nSPS) is 16.5. The largest absolute Gasteiger partial charge is 0.383 e. The second kappa shape index (κ2) is 7.71. The van der Waals surface area contributed by atoms with E-state index in [1.807, 2.05) is 6.07 Å². The lowest BCUT2D eigenvalue weighted by atomic mass is 9.89. The highest BCUT2D eigenvalue weighted by Crippen LogP contribution is 2.34. The molecule has 0 spiro atoms. The molecular formula is C20H24FNO. The van der Waals surface area contributed by atoms with Crippen LogP contribution in [0.4, 0.5) is 4.39 Å². The Morgan fingerprint density at radius 1 is 1.09 bits per heavy atom. The Hall–Kier alpha value is -1.71. The number of methoxy groups -OCH3 is 1. The lowest BCUT2D eigenvalue weighted by Crippen LogP contribution is -2.22. The van der Waals surface area contributed by atoms with Crippen LogP contribution in [0.3, 0.4) is 0 Å². The summed E-state index contributed by atoms with van der Waals surface area (Å²) in [5.41, 5.74) is 5.20. The summed E-state index contributed by atoms with van der Waals surface area (Å²) in [6.45, 7) is 2.55. The van der Waals surface area contributed by atoms with Crippen LogP contribution < -0.4 is 5.32 Å². The third-order valence-corrected chi connectivity index (χ3v) is 4.66. The van der Waals surface area contributed by atoms with Crippen LogP contribution in [0.2, 0.25) is 0 Å². The van der Waals surface area contributed by atoms with Gasteiger partial charge < -0.3 is 10.1 Å². The van der Waals surface area contributed by atoms with Crippen LogP contribution in [0, 0.1) is 5.82 Å². The van der Waals surface area contributed by atoms with Crippen LogP contribution in [0.25, 0.3) is 0 Å². The quantitative estimate of drug-likeness (QED) is 0.821. The molecule has 0 amide bonds. The molecule has 1 atom stereocenters. The average Bonchev–Trinajstić information content (AvgIpc) is 2.71. The molecule has 23 heavy (non-hydrogen) atoms. The van der Waals surface area contributed by atoms with Crippen LogP contribution in [-0.4, -0.2) is 26.8 Å². The van der Waals surface area contributed by atoms with Crippen LogP contribution in [0.1, 0.15) is 34.6 Å². The lowest BCUT2D eigenvalue weighted by Gasteiger charge is -2.18. The van der Waals surface area contributed by atoms with Gasteiger partial charge in [0.15, 0.2) is 0 Å². The number of nitrogens with one attached hydrogen (secondary N) is 1. The molecule has 0 radical (unpaired) electrons. The standard InChI is InChI=1S/C20H24FNO/c1-23-11-10-22-9-8-17-13-18-14-19(21)7-6-15(18)12-16-4-2-3-5-20(16)17/h2-7,14,17,22H,8-13H2,1H3. The topological polar surface area (TPSA) is 21.3 Å². The predicted molar refractivity (Wildman–Crippen MR) is 91.5 cm³/mol. The molecule has 2 nitrogen and oxygen atoms in total. The van der Waals surface area contributed by atoms with E-state index in [4.69, 9.17) is 4.74 Å². The first-order valence-electron chi connectivity index (χ1n) is 8.32. The van der Waals surface area contributed by atoms with Crippen molar-refractivity contribution in [2.75, 3.05) is 26.8 Å². The van der Waals surface area contributed by atoms with E-state index >= 15 is 0 Å². The number of benzene rings is 2. The first-order valence-corrected chi connectivity index (χ1v) is 8.32. The van der Waals surface area contributed by atoms with E-state index in [9.17, 15) is 4.39 Å². The van der Waals surface area contributed by atoms with Gasteiger partial charge in [0.05, 0.1) is 6.61 Å². The number of hydrogen-bond donors (Lipinski definition) is 1. The molecule has 1 aliphatic carbocycles. The predicted octanol–water partition coefficient (Wildman–Crippen LogP) is 3.68. The number of ether oxygens (including phenoxy) is 1. The van der Waals surface area contributed by atoms with E-state index in [2.05, 4.69) is 29.6 Å². The van der Waals surface area contributed by atoms with E-state index in [0.29, 0.717) is 5.92 Å². The Kier molecular flexibility index (Phi) is 5.42. The Morgan fingerprint density at radius 3 is 2.83 bits per heavy atom. The lowest BCUT2D eigenvalue weighted by molar-refractivity contribution is 0.199. The first-order chi connectivity index (χ1) is 11.3. The summed E-state index contributed by atoms with van der Waals surface area (Å²) in [4.78, 5) is 0. The van der Waals surface area contributed by atoms with Crippen molar-refractivity contribution < 1.29 is 9.13 Å². The maximum Gasteiger partial charge on any atom is 0.123 e. The van der Waals surface area contributed by atoms with Crippen molar-refractivity contribution in [1.29, 1.82) is 0 Å². The van der Waals surface area contributed by atoms with Gasteiger partial charge in [-0.3, -0.25) is 0 Å². The van der Waals surface area contributed by atoms with Gasteiger partial charge in [-0.15, -0.1) is 0 Å². The molecular weight excluding hydrogens is 289 g/mol. The molecule has 1 unspecified atom stereocenters. The van der Waals surface area contributed by atoms with Crippen LogP contribution in [0.15, 0.2) is 42.5 Å². The molecule has 0 saturated heterocycles. The van der Waals surface area contributed by atoms with E-state index in [1.165, 1.54) is 16.7 Å². The summed E-state index contributed by atoms with van der Waals surface area (Å²) in [6.07, 6.45) is 2.87. The number of hydrogen-bond acceptors (Lipinski definition) is 2. The minimum absolute atomic E-state index is 0.133. The fraction of sp³-hybridized carbons (Fsp3) is 0.400. The van der Waals surface area contributed by atoms with Crippen molar-refractivity contribution >= 4 is 0 Å². The minimum atomic E-state index is -0.133. The van der Waals surface area contributed by atoms with Gasteiger partial charge in [0.1, 0.15) is 5.82 Å². The van der Waals surface area contributed by atoms with Crippen molar-refractivity contribution in [3.63, 3.8) is 0 Å². The molecule has 0 fully saturated rings. The highest BCUT2D eigenvalue weighted by atomic mass is 19.1. The molecule has 0 heterocycles. The molecule has 1 N–H and O–H groups in total. The second-order valence-electron chi connectivity index (χ2n) is 6.22. The van der Waals surface area contributed by atoms with Crippen molar-refractivity contribution in [2.24, 2.45) is 0 Å². The van der Waals surface area contributed by atoms with Gasteiger partial charge in [0.25, 0.3) is 0 Å². The van der Waals surface area contributed by atoms with Crippen molar-refractivity contribution in [2.45, 2.75) is 25.2 Å². The van der Waals surface area contributed by atoms with Gasteiger partial charge >= 0.3 is 0 Å². The fourth-order valence-corrected chi connectivity index (χ4v) is 3.46. The summed E-state index contributed by atoms with van der Waals surface area (Å²) < 4.78 is 18.7. The van der Waals surface area contributed by atoms with Crippen molar-refractivity contribution in [3.05, 3.63) is 70.5 Å². The van der Waals surface area contributed by atoms with Crippen LogP contribution in [-0.2, 0) is 17.6 Å². The van der Waals surface area contributed by atoms with Gasteiger partial charge in [0, 0.05) is 13.7 Å². The molecule has 2 aromatic carbocycles. The Balaban J connectivity index is 1.79. The number of fused-ring (bicyclic) bond motifs is 2. The summed E-state index contributed by atoms with van der Waals surface area (Å²) in [7, 11) is 1.72. The van der Waals surface area contributed by atoms with E-state index in [-0.39, 0.29) is 5.82 Å². The summed E-state index contributed by atoms with van der Waals surface area (Å²) in [5, 5.41) is 3.42. The second-order valence-corrected chi connectivity index (χ2v) is 6.22. The summed E-state index contributed by atoms with van der Waals surface area (Å²) in [6, 6.07) is 13.9. The molecule has 0 bridgehead atoms. The molecule has 1 aliphatic rings. The molecule has 0 saturated carbocycles. The Labute approximate surface area is 137 Å². The van der Waals surface area contributed by atoms with Gasteiger partial charge in [-0.2, -0.15) is 0 Å². The molecule has 0 aliphatic heterocycles. The maximum atomic E-state index is 13.6. The average molecular weight is 313 g/mol. The van der Waals surface area contributed by atoms with Gasteiger partial charge in [-0.1, -0.05) is 30.3 Å². The SMILES string of the molecule is COCCNCCC1Cc2cc(F)ccc2Cc2ccccc21. The monoisotopic (exact) mass is 313 g/mol.